The fourth-order valence-corrected chi connectivity index (χ4v) is 6.18. The summed E-state index contributed by atoms with van der Waals surface area (Å²) in [5.74, 6) is -0.608. The van der Waals surface area contributed by atoms with Crippen LogP contribution in [0.3, 0.4) is 0 Å². The van der Waals surface area contributed by atoms with Crippen LogP contribution in [0.1, 0.15) is 34.3 Å². The van der Waals surface area contributed by atoms with Crippen LogP contribution in [0.5, 0.6) is 5.75 Å². The SMILES string of the molecule is CN(Cc1ccc(Cl)cc1)C1CCN(C(=O)Cn2cc(CC(=O)c3cnn4cccnc34)c(-c3cc(Cl)ccc3OC(F)F)n2)CC1. The molecule has 0 unspecified atom stereocenters. The Hall–Kier alpha value is -4.39. The molecule has 0 atom stereocenters. The van der Waals surface area contributed by atoms with Gasteiger partial charge in [-0.15, -0.1) is 0 Å². The predicted octanol–water partition coefficient (Wildman–Crippen LogP) is 6.05. The molecule has 4 heterocycles. The van der Waals surface area contributed by atoms with E-state index < -0.39 is 6.61 Å². The molecule has 1 aliphatic heterocycles. The number of nitrogens with zero attached hydrogens (tertiary/aromatic N) is 7. The summed E-state index contributed by atoms with van der Waals surface area (Å²) in [6, 6.07) is 14.0. The summed E-state index contributed by atoms with van der Waals surface area (Å²) in [4.78, 5) is 35.3. The minimum atomic E-state index is -3.10. The van der Waals surface area contributed by atoms with Crippen LogP contribution in [0.2, 0.25) is 10.0 Å². The highest BCUT2D eigenvalue weighted by atomic mass is 35.5. The van der Waals surface area contributed by atoms with E-state index in [1.54, 1.807) is 29.6 Å². The standard InChI is InChI=1S/C33H31Cl2F2N7O3/c1-41(18-21-3-5-23(34)6-4-21)25-9-13-42(14-10-25)30(46)20-43-19-22(15-28(45)27-17-39-44-12-2-11-38-32(27)44)31(40-43)26-16-24(35)7-8-29(26)47-33(36)37/h2-8,11-12,16-17,19,25,33H,9-10,13-15,18,20H2,1H3. The summed E-state index contributed by atoms with van der Waals surface area (Å²) in [6.07, 6.45) is 7.71. The molecule has 0 aliphatic carbocycles. The molecule has 47 heavy (non-hydrogen) atoms. The summed E-state index contributed by atoms with van der Waals surface area (Å²) in [5, 5.41) is 9.75. The van der Waals surface area contributed by atoms with Gasteiger partial charge in [-0.25, -0.2) is 9.50 Å². The molecule has 1 fully saturated rings. The number of alkyl halides is 2. The highest BCUT2D eigenvalue weighted by Crippen LogP contribution is 2.35. The Morgan fingerprint density at radius 1 is 1.09 bits per heavy atom. The highest BCUT2D eigenvalue weighted by Gasteiger charge is 2.27. The zero-order valence-corrected chi connectivity index (χ0v) is 26.9. The zero-order chi connectivity index (χ0) is 33.1. The normalized spacial score (nSPS) is 14.0. The average molecular weight is 683 g/mol. The Balaban J connectivity index is 1.20. The van der Waals surface area contributed by atoms with E-state index >= 15 is 0 Å². The molecule has 244 valence electrons. The third-order valence-electron chi connectivity index (χ3n) is 8.26. The number of benzene rings is 2. The molecule has 1 aliphatic rings. The van der Waals surface area contributed by atoms with Crippen molar-refractivity contribution >= 4 is 40.5 Å². The molecule has 10 nitrogen and oxygen atoms in total. The number of rotatable bonds is 11. The number of halogens is 4. The average Bonchev–Trinajstić information content (AvgIpc) is 3.67. The van der Waals surface area contributed by atoms with Crippen molar-refractivity contribution in [2.45, 2.75) is 45.0 Å². The van der Waals surface area contributed by atoms with Gasteiger partial charge < -0.3 is 9.64 Å². The van der Waals surface area contributed by atoms with Gasteiger partial charge in [-0.1, -0.05) is 35.3 Å². The second-order valence-electron chi connectivity index (χ2n) is 11.4. The Morgan fingerprint density at radius 2 is 1.83 bits per heavy atom. The number of ether oxygens (including phenoxy) is 1. The number of Topliss-reactive ketones (excluding diaryl/α,β-unsaturated/α-hetero) is 1. The fourth-order valence-electron chi connectivity index (χ4n) is 5.88. The maximum atomic E-state index is 13.5. The molecule has 0 spiro atoms. The lowest BCUT2D eigenvalue weighted by atomic mass is 10.0. The lowest BCUT2D eigenvalue weighted by molar-refractivity contribution is -0.133. The number of ketones is 1. The van der Waals surface area contributed by atoms with Gasteiger partial charge in [0.05, 0.1) is 17.5 Å². The summed E-state index contributed by atoms with van der Waals surface area (Å²) in [6.45, 7) is -1.26. The zero-order valence-electron chi connectivity index (χ0n) is 25.4. The van der Waals surface area contributed by atoms with Crippen molar-refractivity contribution in [3.63, 3.8) is 0 Å². The number of fused-ring (bicyclic) bond motifs is 1. The molecule has 6 rings (SSSR count). The Morgan fingerprint density at radius 3 is 2.57 bits per heavy atom. The van der Waals surface area contributed by atoms with Crippen molar-refractivity contribution in [3.8, 4) is 17.0 Å². The molecular formula is C33H31Cl2F2N7O3. The van der Waals surface area contributed by atoms with E-state index in [2.05, 4.69) is 27.1 Å². The predicted molar refractivity (Wildman–Crippen MR) is 173 cm³/mol. The van der Waals surface area contributed by atoms with Crippen LogP contribution in [0.25, 0.3) is 16.9 Å². The number of hydrogen-bond acceptors (Lipinski definition) is 7. The first-order valence-corrected chi connectivity index (χ1v) is 15.8. The molecule has 0 N–H and O–H groups in total. The second-order valence-corrected chi connectivity index (χ2v) is 12.3. The smallest absolute Gasteiger partial charge is 0.387 e. The van der Waals surface area contributed by atoms with E-state index in [1.807, 2.05) is 24.3 Å². The van der Waals surface area contributed by atoms with Crippen LogP contribution in [-0.4, -0.2) is 78.7 Å². The van der Waals surface area contributed by atoms with E-state index in [0.29, 0.717) is 40.9 Å². The molecule has 1 saturated heterocycles. The van der Waals surface area contributed by atoms with Crippen molar-refractivity contribution in [2.24, 2.45) is 0 Å². The van der Waals surface area contributed by atoms with Gasteiger partial charge in [-0.3, -0.25) is 19.2 Å². The quantitative estimate of drug-likeness (QED) is 0.157. The first-order valence-electron chi connectivity index (χ1n) is 15.0. The largest absolute Gasteiger partial charge is 0.434 e. The lowest BCUT2D eigenvalue weighted by Crippen LogP contribution is -2.46. The van der Waals surface area contributed by atoms with Gasteiger partial charge in [0, 0.05) is 71.9 Å². The number of hydrogen-bond donors (Lipinski definition) is 0. The van der Waals surface area contributed by atoms with Crippen molar-refractivity contribution in [1.82, 2.24) is 34.2 Å². The van der Waals surface area contributed by atoms with Crippen LogP contribution in [-0.2, 0) is 24.3 Å². The fraction of sp³-hybridized carbons (Fsp3) is 0.303. The lowest BCUT2D eigenvalue weighted by Gasteiger charge is -2.36. The molecule has 1 amide bonds. The molecule has 2 aromatic carbocycles. The molecule has 5 aromatic rings. The second kappa shape index (κ2) is 14.2. The molecule has 0 saturated carbocycles. The van der Waals surface area contributed by atoms with Crippen molar-refractivity contribution in [3.05, 3.63) is 100 Å². The molecule has 0 bridgehead atoms. The van der Waals surface area contributed by atoms with Gasteiger partial charge in [-0.2, -0.15) is 19.0 Å². The van der Waals surface area contributed by atoms with Crippen LogP contribution in [0.4, 0.5) is 8.78 Å². The highest BCUT2D eigenvalue weighted by molar-refractivity contribution is 6.31. The first kappa shape index (κ1) is 32.5. The van der Waals surface area contributed by atoms with E-state index in [4.69, 9.17) is 27.9 Å². The molecule has 0 radical (unpaired) electrons. The van der Waals surface area contributed by atoms with E-state index in [9.17, 15) is 18.4 Å². The Labute approximate surface area is 279 Å². The number of likely N-dealkylation sites (tertiary alicyclic amines) is 1. The van der Waals surface area contributed by atoms with Crippen molar-refractivity contribution in [1.29, 1.82) is 0 Å². The first-order chi connectivity index (χ1) is 22.6. The van der Waals surface area contributed by atoms with Crippen LogP contribution >= 0.6 is 23.2 Å². The van der Waals surface area contributed by atoms with Gasteiger partial charge in [0.1, 0.15) is 12.3 Å². The Bertz CT molecular complexity index is 1890. The topological polar surface area (TPSA) is 97.9 Å². The summed E-state index contributed by atoms with van der Waals surface area (Å²) in [7, 11) is 2.08. The minimum absolute atomic E-state index is 0.101. The molecule has 14 heteroatoms. The van der Waals surface area contributed by atoms with E-state index in [0.717, 1.165) is 19.4 Å². The summed E-state index contributed by atoms with van der Waals surface area (Å²) < 4.78 is 34.4. The number of piperidine rings is 1. The maximum absolute atomic E-state index is 13.5. The summed E-state index contributed by atoms with van der Waals surface area (Å²) >= 11 is 12.3. The molecular weight excluding hydrogens is 651 g/mol. The van der Waals surface area contributed by atoms with Crippen molar-refractivity contribution in [2.75, 3.05) is 20.1 Å². The minimum Gasteiger partial charge on any atom is -0.434 e. The third kappa shape index (κ3) is 7.61. The van der Waals surface area contributed by atoms with Crippen LogP contribution < -0.4 is 4.74 Å². The van der Waals surface area contributed by atoms with Gasteiger partial charge in [0.25, 0.3) is 0 Å². The number of aromatic nitrogens is 5. The van der Waals surface area contributed by atoms with Gasteiger partial charge in [0.2, 0.25) is 5.91 Å². The van der Waals surface area contributed by atoms with Gasteiger partial charge in [0.15, 0.2) is 11.4 Å². The van der Waals surface area contributed by atoms with E-state index in [-0.39, 0.29) is 46.7 Å². The van der Waals surface area contributed by atoms with Gasteiger partial charge >= 0.3 is 6.61 Å². The number of carbonyl (C=O) groups excluding carboxylic acids is 2. The maximum Gasteiger partial charge on any atom is 0.387 e. The number of carbonyl (C=O) groups is 2. The van der Waals surface area contributed by atoms with Crippen molar-refractivity contribution < 1.29 is 23.1 Å². The Kier molecular flexibility index (Phi) is 9.81. The monoisotopic (exact) mass is 681 g/mol. The van der Waals surface area contributed by atoms with Crippen LogP contribution in [0, 0.1) is 0 Å². The number of amides is 1. The van der Waals surface area contributed by atoms with Crippen LogP contribution in [0.15, 0.2) is 73.3 Å². The molecule has 3 aromatic heterocycles. The summed E-state index contributed by atoms with van der Waals surface area (Å²) in [5.41, 5.74) is 2.62. The third-order valence-corrected chi connectivity index (χ3v) is 8.75. The van der Waals surface area contributed by atoms with Gasteiger partial charge in [-0.05, 0) is 61.9 Å². The van der Waals surface area contributed by atoms with E-state index in [1.165, 1.54) is 39.2 Å².